The highest BCUT2D eigenvalue weighted by atomic mass is 16.2. The first kappa shape index (κ1) is 12.1. The number of benzene rings is 2. The van der Waals surface area contributed by atoms with E-state index in [0.717, 1.165) is 29.6 Å². The molecule has 3 aromatic rings. The van der Waals surface area contributed by atoms with Crippen molar-refractivity contribution in [1.29, 1.82) is 0 Å². The molecule has 0 spiro atoms. The van der Waals surface area contributed by atoms with Crippen molar-refractivity contribution in [3.05, 3.63) is 54.1 Å². The maximum atomic E-state index is 12.8. The Labute approximate surface area is 121 Å². The molecule has 1 amide bonds. The largest absolute Gasteiger partial charge is 0.351 e. The summed E-state index contributed by atoms with van der Waals surface area (Å²) in [5.41, 5.74) is 3.66. The number of aryl methyl sites for hydroxylation is 1. The lowest BCUT2D eigenvalue weighted by atomic mass is 10.0. The highest BCUT2D eigenvalue weighted by molar-refractivity contribution is 5.98. The number of hydrogen-bond donors (Lipinski definition) is 0. The van der Waals surface area contributed by atoms with Crippen molar-refractivity contribution >= 4 is 22.8 Å². The van der Waals surface area contributed by atoms with Crippen LogP contribution >= 0.6 is 0 Å². The molecule has 0 fully saturated rings. The molecule has 0 unspecified atom stereocenters. The van der Waals surface area contributed by atoms with Crippen molar-refractivity contribution in [3.8, 4) is 0 Å². The maximum Gasteiger partial charge on any atom is 0.351 e. The van der Waals surface area contributed by atoms with Crippen LogP contribution in [0.3, 0.4) is 0 Å². The van der Waals surface area contributed by atoms with Gasteiger partial charge in [0.05, 0.1) is 5.52 Å². The van der Waals surface area contributed by atoms with E-state index in [-0.39, 0.29) is 6.03 Å². The van der Waals surface area contributed by atoms with Crippen molar-refractivity contribution in [2.24, 2.45) is 0 Å². The van der Waals surface area contributed by atoms with E-state index in [9.17, 15) is 4.79 Å². The minimum absolute atomic E-state index is 0.143. The summed E-state index contributed by atoms with van der Waals surface area (Å²) in [6.07, 6.45) is 1.98. The fraction of sp³-hybridized carbons (Fsp3) is 0.188. The average Bonchev–Trinajstić information content (AvgIpc) is 2.98. The van der Waals surface area contributed by atoms with Gasteiger partial charge in [0.1, 0.15) is 5.52 Å². The zero-order valence-corrected chi connectivity index (χ0v) is 11.4. The number of amides is 1. The van der Waals surface area contributed by atoms with E-state index in [1.54, 1.807) is 4.90 Å². The summed E-state index contributed by atoms with van der Waals surface area (Å²) in [4.78, 5) is 14.6. The molecule has 0 N–H and O–H groups in total. The highest BCUT2D eigenvalue weighted by Gasteiger charge is 2.25. The standard InChI is InChI=1S/C16H14N4O/c21-16(20-15-10-4-2-8-13(15)17-18-20)19-11-5-7-12-6-1-3-9-14(12)19/h1-4,6,8-10H,5,7,11H2. The summed E-state index contributed by atoms with van der Waals surface area (Å²) < 4.78 is 1.39. The molecular formula is C16H14N4O. The summed E-state index contributed by atoms with van der Waals surface area (Å²) in [5, 5.41) is 8.07. The van der Waals surface area contributed by atoms with Crippen LogP contribution in [0.15, 0.2) is 48.5 Å². The van der Waals surface area contributed by atoms with Crippen molar-refractivity contribution in [2.45, 2.75) is 12.8 Å². The molecular weight excluding hydrogens is 264 g/mol. The highest BCUT2D eigenvalue weighted by Crippen LogP contribution is 2.27. The second-order valence-corrected chi connectivity index (χ2v) is 5.16. The van der Waals surface area contributed by atoms with Gasteiger partial charge in [0.15, 0.2) is 0 Å². The molecule has 1 aliphatic heterocycles. The Hall–Kier alpha value is -2.69. The fourth-order valence-electron chi connectivity index (χ4n) is 2.86. The van der Waals surface area contributed by atoms with Crippen LogP contribution in [0.2, 0.25) is 0 Å². The first-order valence-electron chi connectivity index (χ1n) is 7.05. The number of para-hydroxylation sites is 2. The first-order valence-corrected chi connectivity index (χ1v) is 7.05. The molecule has 0 bridgehead atoms. The van der Waals surface area contributed by atoms with E-state index < -0.39 is 0 Å². The van der Waals surface area contributed by atoms with E-state index in [1.807, 2.05) is 42.5 Å². The Morgan fingerprint density at radius 2 is 1.86 bits per heavy atom. The molecule has 0 saturated carbocycles. The average molecular weight is 278 g/mol. The molecule has 0 aliphatic carbocycles. The zero-order chi connectivity index (χ0) is 14.2. The van der Waals surface area contributed by atoms with Crippen LogP contribution in [0.1, 0.15) is 12.0 Å². The number of hydrogen-bond acceptors (Lipinski definition) is 3. The second-order valence-electron chi connectivity index (χ2n) is 5.16. The Balaban J connectivity index is 1.79. The van der Waals surface area contributed by atoms with Crippen molar-refractivity contribution in [3.63, 3.8) is 0 Å². The van der Waals surface area contributed by atoms with Gasteiger partial charge in [-0.3, -0.25) is 4.90 Å². The van der Waals surface area contributed by atoms with Gasteiger partial charge in [-0.25, -0.2) is 4.79 Å². The van der Waals surface area contributed by atoms with Crippen molar-refractivity contribution < 1.29 is 4.79 Å². The number of aromatic nitrogens is 3. The van der Waals surface area contributed by atoms with E-state index >= 15 is 0 Å². The zero-order valence-electron chi connectivity index (χ0n) is 11.4. The van der Waals surface area contributed by atoms with Gasteiger partial charge in [0, 0.05) is 12.2 Å². The molecule has 21 heavy (non-hydrogen) atoms. The minimum Gasteiger partial charge on any atom is -0.292 e. The number of fused-ring (bicyclic) bond motifs is 2. The fourth-order valence-corrected chi connectivity index (χ4v) is 2.86. The molecule has 0 atom stereocenters. The Bertz CT molecular complexity index is 824. The number of rotatable bonds is 0. The number of anilines is 1. The van der Waals surface area contributed by atoms with Crippen LogP contribution in [0.4, 0.5) is 10.5 Å². The molecule has 1 aromatic heterocycles. The van der Waals surface area contributed by atoms with Gasteiger partial charge in [-0.2, -0.15) is 4.68 Å². The van der Waals surface area contributed by atoms with Crippen molar-refractivity contribution in [2.75, 3.05) is 11.4 Å². The van der Waals surface area contributed by atoms with Gasteiger partial charge in [0.2, 0.25) is 0 Å². The third kappa shape index (κ3) is 1.89. The number of nitrogens with zero attached hydrogens (tertiary/aromatic N) is 4. The second kappa shape index (κ2) is 4.70. The van der Waals surface area contributed by atoms with Crippen LogP contribution in [0.5, 0.6) is 0 Å². The number of carbonyl (C=O) groups excluding carboxylic acids is 1. The number of carbonyl (C=O) groups is 1. The van der Waals surface area contributed by atoms with E-state index in [2.05, 4.69) is 16.4 Å². The lowest BCUT2D eigenvalue weighted by Crippen LogP contribution is -2.39. The molecule has 0 saturated heterocycles. The van der Waals surface area contributed by atoms with Gasteiger partial charge in [-0.15, -0.1) is 5.10 Å². The van der Waals surface area contributed by atoms with Crippen LogP contribution < -0.4 is 4.90 Å². The first-order chi connectivity index (χ1) is 10.3. The van der Waals surface area contributed by atoms with Crippen LogP contribution in [0, 0.1) is 0 Å². The van der Waals surface area contributed by atoms with Gasteiger partial charge < -0.3 is 0 Å². The van der Waals surface area contributed by atoms with Gasteiger partial charge >= 0.3 is 6.03 Å². The lowest BCUT2D eigenvalue weighted by molar-refractivity contribution is 0.245. The third-order valence-corrected chi connectivity index (χ3v) is 3.87. The summed E-state index contributed by atoms with van der Waals surface area (Å²) >= 11 is 0. The van der Waals surface area contributed by atoms with Gasteiger partial charge in [0.25, 0.3) is 0 Å². The van der Waals surface area contributed by atoms with Crippen LogP contribution in [0.25, 0.3) is 11.0 Å². The van der Waals surface area contributed by atoms with Crippen LogP contribution in [-0.4, -0.2) is 27.6 Å². The van der Waals surface area contributed by atoms with E-state index in [4.69, 9.17) is 0 Å². The monoisotopic (exact) mass is 278 g/mol. The smallest absolute Gasteiger partial charge is 0.292 e. The Morgan fingerprint density at radius 3 is 2.81 bits per heavy atom. The summed E-state index contributed by atoms with van der Waals surface area (Å²) in [5.74, 6) is 0. The molecule has 1 aliphatic rings. The van der Waals surface area contributed by atoms with Gasteiger partial charge in [-0.05, 0) is 36.6 Å². The third-order valence-electron chi connectivity index (χ3n) is 3.87. The van der Waals surface area contributed by atoms with E-state index in [0.29, 0.717) is 6.54 Å². The predicted molar refractivity (Wildman–Crippen MR) is 80.4 cm³/mol. The Kier molecular flexibility index (Phi) is 2.70. The summed E-state index contributed by atoms with van der Waals surface area (Å²) in [7, 11) is 0. The summed E-state index contributed by atoms with van der Waals surface area (Å²) in [6, 6.07) is 15.4. The molecule has 4 rings (SSSR count). The minimum atomic E-state index is -0.143. The molecule has 0 radical (unpaired) electrons. The predicted octanol–water partition coefficient (Wildman–Crippen LogP) is 2.85. The maximum absolute atomic E-state index is 12.8. The summed E-state index contributed by atoms with van der Waals surface area (Å²) in [6.45, 7) is 0.712. The van der Waals surface area contributed by atoms with Gasteiger partial charge in [-0.1, -0.05) is 35.5 Å². The quantitative estimate of drug-likeness (QED) is 0.635. The van der Waals surface area contributed by atoms with Crippen LogP contribution in [-0.2, 0) is 6.42 Å². The molecule has 5 nitrogen and oxygen atoms in total. The molecule has 2 aromatic carbocycles. The van der Waals surface area contributed by atoms with E-state index in [1.165, 1.54) is 10.2 Å². The van der Waals surface area contributed by atoms with Crippen molar-refractivity contribution in [1.82, 2.24) is 15.0 Å². The molecule has 104 valence electrons. The Morgan fingerprint density at radius 1 is 1.05 bits per heavy atom. The normalized spacial score (nSPS) is 14.2. The lowest BCUT2D eigenvalue weighted by Gasteiger charge is -2.28. The molecule has 2 heterocycles. The molecule has 5 heteroatoms. The SMILES string of the molecule is O=C(N1CCCc2ccccc21)n1nnc2ccccc21. The topological polar surface area (TPSA) is 51.0 Å².